The number of aromatic nitrogens is 1. The van der Waals surface area contributed by atoms with E-state index in [2.05, 4.69) is 25.8 Å². The number of anilines is 1. The predicted octanol–water partition coefficient (Wildman–Crippen LogP) is 4.59. The van der Waals surface area contributed by atoms with Crippen molar-refractivity contribution in [1.29, 1.82) is 0 Å². The SMILES string of the molecule is FC1CCN(c2cnc3ccc(Cl)cc3c2Br)CC1. The highest BCUT2D eigenvalue weighted by Gasteiger charge is 2.21. The zero-order chi connectivity index (χ0) is 13.4. The summed E-state index contributed by atoms with van der Waals surface area (Å²) >= 11 is 9.67. The van der Waals surface area contributed by atoms with Crippen molar-refractivity contribution >= 4 is 44.1 Å². The molecule has 0 radical (unpaired) electrons. The van der Waals surface area contributed by atoms with Crippen LogP contribution in [-0.2, 0) is 0 Å². The molecule has 2 aromatic rings. The lowest BCUT2D eigenvalue weighted by Gasteiger charge is -2.31. The Morgan fingerprint density at radius 3 is 2.79 bits per heavy atom. The fourth-order valence-electron chi connectivity index (χ4n) is 2.43. The first-order valence-corrected chi connectivity index (χ1v) is 7.45. The number of hydrogen-bond acceptors (Lipinski definition) is 2. The molecule has 0 bridgehead atoms. The van der Waals surface area contributed by atoms with Crippen LogP contribution in [0.1, 0.15) is 12.8 Å². The van der Waals surface area contributed by atoms with E-state index in [4.69, 9.17) is 11.6 Å². The number of fused-ring (bicyclic) bond motifs is 1. The number of piperidine rings is 1. The molecular formula is C14H13BrClFN2. The minimum Gasteiger partial charge on any atom is -0.369 e. The van der Waals surface area contributed by atoms with E-state index in [1.807, 2.05) is 24.4 Å². The molecule has 0 unspecified atom stereocenters. The van der Waals surface area contributed by atoms with Gasteiger partial charge in [0, 0.05) is 23.5 Å². The van der Waals surface area contributed by atoms with Gasteiger partial charge in [0.1, 0.15) is 6.17 Å². The normalized spacial score (nSPS) is 17.1. The Labute approximate surface area is 124 Å². The zero-order valence-corrected chi connectivity index (χ0v) is 12.6. The fourth-order valence-corrected chi connectivity index (χ4v) is 3.27. The van der Waals surface area contributed by atoms with Crippen LogP contribution >= 0.6 is 27.5 Å². The minimum atomic E-state index is -0.669. The minimum absolute atomic E-state index is 0.583. The third-order valence-corrected chi connectivity index (χ3v) is 4.58. The molecule has 1 aliphatic rings. The average molecular weight is 344 g/mol. The van der Waals surface area contributed by atoms with Gasteiger partial charge in [-0.05, 0) is 47.0 Å². The first kappa shape index (κ1) is 13.1. The predicted molar refractivity (Wildman–Crippen MR) is 80.8 cm³/mol. The second-order valence-corrected chi connectivity index (χ2v) is 6.01. The first-order chi connectivity index (χ1) is 9.15. The molecule has 0 atom stereocenters. The Morgan fingerprint density at radius 2 is 2.05 bits per heavy atom. The summed E-state index contributed by atoms with van der Waals surface area (Å²) in [5.41, 5.74) is 1.92. The summed E-state index contributed by atoms with van der Waals surface area (Å²) in [5.74, 6) is 0. The Balaban J connectivity index is 2.02. The van der Waals surface area contributed by atoms with Crippen molar-refractivity contribution in [3.63, 3.8) is 0 Å². The summed E-state index contributed by atoms with van der Waals surface area (Å²) in [6.07, 6.45) is 2.34. The van der Waals surface area contributed by atoms with Crippen LogP contribution in [0, 0.1) is 0 Å². The Kier molecular flexibility index (Phi) is 3.63. The van der Waals surface area contributed by atoms with Crippen molar-refractivity contribution in [2.24, 2.45) is 0 Å². The van der Waals surface area contributed by atoms with Gasteiger partial charge in [0.2, 0.25) is 0 Å². The summed E-state index contributed by atoms with van der Waals surface area (Å²) in [5, 5.41) is 1.68. The summed E-state index contributed by atoms with van der Waals surface area (Å²) < 4.78 is 14.2. The van der Waals surface area contributed by atoms with Gasteiger partial charge < -0.3 is 4.90 Å². The molecule has 100 valence electrons. The maximum Gasteiger partial charge on any atom is 0.103 e. The zero-order valence-electron chi connectivity index (χ0n) is 10.2. The average Bonchev–Trinajstić information content (AvgIpc) is 2.41. The number of alkyl halides is 1. The number of nitrogens with zero attached hydrogens (tertiary/aromatic N) is 2. The monoisotopic (exact) mass is 342 g/mol. The molecule has 19 heavy (non-hydrogen) atoms. The molecule has 1 aromatic heterocycles. The van der Waals surface area contributed by atoms with Gasteiger partial charge in [0.05, 0.1) is 21.9 Å². The third-order valence-electron chi connectivity index (χ3n) is 3.51. The Bertz CT molecular complexity index is 612. The molecule has 0 N–H and O–H groups in total. The van der Waals surface area contributed by atoms with Crippen LogP contribution in [0.2, 0.25) is 5.02 Å². The van der Waals surface area contributed by atoms with E-state index in [-0.39, 0.29) is 0 Å². The number of hydrogen-bond donors (Lipinski definition) is 0. The largest absolute Gasteiger partial charge is 0.369 e. The van der Waals surface area contributed by atoms with Gasteiger partial charge in [-0.3, -0.25) is 4.98 Å². The number of halogens is 3. The second-order valence-electron chi connectivity index (χ2n) is 4.78. The van der Waals surface area contributed by atoms with Crippen molar-refractivity contribution in [3.8, 4) is 0 Å². The Hall–Kier alpha value is -0.870. The van der Waals surface area contributed by atoms with Crippen LogP contribution in [0.4, 0.5) is 10.1 Å². The molecule has 0 saturated carbocycles. The van der Waals surface area contributed by atoms with Crippen molar-refractivity contribution in [2.75, 3.05) is 18.0 Å². The van der Waals surface area contributed by atoms with E-state index >= 15 is 0 Å². The second kappa shape index (κ2) is 5.25. The maximum absolute atomic E-state index is 13.2. The molecule has 1 aromatic carbocycles. The molecule has 5 heteroatoms. The van der Waals surface area contributed by atoms with Gasteiger partial charge in [0.15, 0.2) is 0 Å². The molecule has 1 fully saturated rings. The maximum atomic E-state index is 13.2. The van der Waals surface area contributed by atoms with E-state index in [0.717, 1.165) is 34.2 Å². The van der Waals surface area contributed by atoms with E-state index < -0.39 is 6.17 Å². The summed E-state index contributed by atoms with van der Waals surface area (Å²) in [4.78, 5) is 6.63. The van der Waals surface area contributed by atoms with Crippen molar-refractivity contribution in [2.45, 2.75) is 19.0 Å². The lowest BCUT2D eigenvalue weighted by molar-refractivity contribution is 0.277. The molecule has 0 amide bonds. The molecule has 3 rings (SSSR count). The van der Waals surface area contributed by atoms with E-state index in [0.29, 0.717) is 17.9 Å². The van der Waals surface area contributed by atoms with Crippen LogP contribution in [0.25, 0.3) is 10.9 Å². The fraction of sp³-hybridized carbons (Fsp3) is 0.357. The van der Waals surface area contributed by atoms with Crippen LogP contribution in [0.5, 0.6) is 0 Å². The summed E-state index contributed by atoms with van der Waals surface area (Å²) in [7, 11) is 0. The van der Waals surface area contributed by atoms with E-state index in [1.54, 1.807) is 0 Å². The van der Waals surface area contributed by atoms with Crippen LogP contribution < -0.4 is 4.90 Å². The third kappa shape index (κ3) is 2.56. The van der Waals surface area contributed by atoms with E-state index in [1.165, 1.54) is 0 Å². The topological polar surface area (TPSA) is 16.1 Å². The Morgan fingerprint density at radius 1 is 1.32 bits per heavy atom. The van der Waals surface area contributed by atoms with Crippen LogP contribution in [0.3, 0.4) is 0 Å². The number of rotatable bonds is 1. The smallest absolute Gasteiger partial charge is 0.103 e. The lowest BCUT2D eigenvalue weighted by atomic mass is 10.1. The highest BCUT2D eigenvalue weighted by Crippen LogP contribution is 2.35. The highest BCUT2D eigenvalue weighted by molar-refractivity contribution is 9.10. The van der Waals surface area contributed by atoms with Crippen LogP contribution in [-0.4, -0.2) is 24.2 Å². The van der Waals surface area contributed by atoms with E-state index in [9.17, 15) is 4.39 Å². The quantitative estimate of drug-likeness (QED) is 0.753. The molecule has 0 aliphatic carbocycles. The van der Waals surface area contributed by atoms with Gasteiger partial charge >= 0.3 is 0 Å². The molecular weight excluding hydrogens is 331 g/mol. The standard InChI is InChI=1S/C14H13BrClFN2/c15-14-11-7-9(16)1-2-12(11)18-8-13(14)19-5-3-10(17)4-6-19/h1-2,7-8,10H,3-6H2. The lowest BCUT2D eigenvalue weighted by Crippen LogP contribution is -2.34. The molecule has 0 spiro atoms. The number of benzene rings is 1. The number of pyridine rings is 1. The molecule has 1 aliphatic heterocycles. The van der Waals surface area contributed by atoms with Crippen LogP contribution in [0.15, 0.2) is 28.9 Å². The molecule has 2 heterocycles. The summed E-state index contributed by atoms with van der Waals surface area (Å²) in [6, 6.07) is 5.64. The summed E-state index contributed by atoms with van der Waals surface area (Å²) in [6.45, 7) is 1.46. The van der Waals surface area contributed by atoms with Gasteiger partial charge in [-0.1, -0.05) is 11.6 Å². The van der Waals surface area contributed by atoms with Crippen molar-refractivity contribution in [3.05, 3.63) is 33.9 Å². The van der Waals surface area contributed by atoms with Crippen molar-refractivity contribution < 1.29 is 4.39 Å². The van der Waals surface area contributed by atoms with Gasteiger partial charge in [-0.25, -0.2) is 4.39 Å². The molecule has 1 saturated heterocycles. The highest BCUT2D eigenvalue weighted by atomic mass is 79.9. The van der Waals surface area contributed by atoms with Gasteiger partial charge in [-0.15, -0.1) is 0 Å². The van der Waals surface area contributed by atoms with Gasteiger partial charge in [0.25, 0.3) is 0 Å². The molecule has 2 nitrogen and oxygen atoms in total. The van der Waals surface area contributed by atoms with Crippen molar-refractivity contribution in [1.82, 2.24) is 4.98 Å². The first-order valence-electron chi connectivity index (χ1n) is 6.28. The van der Waals surface area contributed by atoms with Gasteiger partial charge in [-0.2, -0.15) is 0 Å².